The highest BCUT2D eigenvalue weighted by Crippen LogP contribution is 2.24. The van der Waals surface area contributed by atoms with E-state index in [1.807, 2.05) is 43.3 Å². The molecule has 0 N–H and O–H groups in total. The zero-order valence-corrected chi connectivity index (χ0v) is 15.4. The van der Waals surface area contributed by atoms with Gasteiger partial charge in [0.05, 0.1) is 10.9 Å². The fourth-order valence-corrected chi connectivity index (χ4v) is 3.77. The number of aromatic nitrogens is 3. The molecule has 0 saturated carbocycles. The Balaban J connectivity index is 1.84. The third kappa shape index (κ3) is 3.61. The number of pyridine rings is 1. The highest BCUT2D eigenvalue weighted by atomic mass is 32.2. The van der Waals surface area contributed by atoms with E-state index in [1.54, 1.807) is 18.3 Å². The van der Waals surface area contributed by atoms with E-state index in [2.05, 4.69) is 9.97 Å². The van der Waals surface area contributed by atoms with E-state index in [1.165, 1.54) is 28.5 Å². The first-order chi connectivity index (χ1) is 13.1. The average molecular weight is 377 g/mol. The number of hydrogen-bond acceptors (Lipinski definition) is 4. The lowest BCUT2D eigenvalue weighted by atomic mass is 10.2. The molecule has 0 aliphatic carbocycles. The number of fused-ring (bicyclic) bond motifs is 1. The Labute approximate surface area is 159 Å². The standard InChI is InChI=1S/C21H16FN3OS/c1-14-9-10-23-19(11-14)25-20(26)17-7-2-3-8-18(17)24-21(25)27-13-15-5-4-6-16(22)12-15/h2-12H,13H2,1H3. The summed E-state index contributed by atoms with van der Waals surface area (Å²) in [5, 5.41) is 1.07. The number of aryl methyl sites for hydroxylation is 1. The third-order valence-electron chi connectivity index (χ3n) is 4.13. The molecule has 0 atom stereocenters. The van der Waals surface area contributed by atoms with E-state index in [9.17, 15) is 9.18 Å². The van der Waals surface area contributed by atoms with Gasteiger partial charge in [0.25, 0.3) is 5.56 Å². The van der Waals surface area contributed by atoms with Gasteiger partial charge in [-0.3, -0.25) is 4.79 Å². The molecule has 2 heterocycles. The number of hydrogen-bond donors (Lipinski definition) is 0. The first-order valence-corrected chi connectivity index (χ1v) is 9.42. The molecule has 4 aromatic rings. The number of para-hydroxylation sites is 1. The number of halogens is 1. The summed E-state index contributed by atoms with van der Waals surface area (Å²) >= 11 is 1.38. The van der Waals surface area contributed by atoms with Crippen LogP contribution in [-0.2, 0) is 5.75 Å². The fourth-order valence-electron chi connectivity index (χ4n) is 2.83. The molecule has 0 spiro atoms. The van der Waals surface area contributed by atoms with Crippen molar-refractivity contribution >= 4 is 22.7 Å². The molecule has 0 radical (unpaired) electrons. The summed E-state index contributed by atoms with van der Waals surface area (Å²) in [5.41, 5.74) is 2.29. The van der Waals surface area contributed by atoms with Gasteiger partial charge in [-0.2, -0.15) is 0 Å². The smallest absolute Gasteiger partial charge is 0.267 e. The lowest BCUT2D eigenvalue weighted by Gasteiger charge is -2.13. The Bertz CT molecular complexity index is 1190. The van der Waals surface area contributed by atoms with Crippen LogP contribution in [0.15, 0.2) is 76.8 Å². The Hall–Kier alpha value is -2.99. The quantitative estimate of drug-likeness (QED) is 0.387. The predicted octanol–water partition coefficient (Wildman–Crippen LogP) is 4.52. The maximum atomic E-state index is 13.5. The van der Waals surface area contributed by atoms with E-state index >= 15 is 0 Å². The van der Waals surface area contributed by atoms with Crippen molar-refractivity contribution in [2.45, 2.75) is 17.8 Å². The van der Waals surface area contributed by atoms with E-state index < -0.39 is 0 Å². The van der Waals surface area contributed by atoms with Gasteiger partial charge in [-0.25, -0.2) is 18.9 Å². The van der Waals surface area contributed by atoms with Gasteiger partial charge in [-0.15, -0.1) is 0 Å². The molecule has 0 amide bonds. The lowest BCUT2D eigenvalue weighted by Crippen LogP contribution is -2.22. The second-order valence-corrected chi connectivity index (χ2v) is 7.10. The third-order valence-corrected chi connectivity index (χ3v) is 5.14. The van der Waals surface area contributed by atoms with E-state index in [0.717, 1.165) is 11.1 Å². The first-order valence-electron chi connectivity index (χ1n) is 8.44. The molecule has 0 bridgehead atoms. The summed E-state index contributed by atoms with van der Waals surface area (Å²) in [6.45, 7) is 1.95. The molecule has 27 heavy (non-hydrogen) atoms. The molecule has 2 aromatic heterocycles. The lowest BCUT2D eigenvalue weighted by molar-refractivity contribution is 0.626. The maximum absolute atomic E-state index is 13.5. The largest absolute Gasteiger partial charge is 0.268 e. The van der Waals surface area contributed by atoms with Crippen molar-refractivity contribution in [3.8, 4) is 5.82 Å². The van der Waals surface area contributed by atoms with Crippen LogP contribution in [0.25, 0.3) is 16.7 Å². The Morgan fingerprint density at radius 2 is 1.93 bits per heavy atom. The van der Waals surface area contributed by atoms with E-state index in [4.69, 9.17) is 0 Å². The van der Waals surface area contributed by atoms with Gasteiger partial charge in [0, 0.05) is 11.9 Å². The van der Waals surface area contributed by atoms with Gasteiger partial charge in [0.2, 0.25) is 0 Å². The van der Waals surface area contributed by atoms with Gasteiger partial charge < -0.3 is 0 Å². The van der Waals surface area contributed by atoms with Crippen LogP contribution in [0.1, 0.15) is 11.1 Å². The first kappa shape index (κ1) is 17.4. The topological polar surface area (TPSA) is 47.8 Å². The zero-order chi connectivity index (χ0) is 18.8. The Morgan fingerprint density at radius 3 is 2.74 bits per heavy atom. The summed E-state index contributed by atoms with van der Waals surface area (Å²) < 4.78 is 15.0. The average Bonchev–Trinajstić information content (AvgIpc) is 2.66. The molecule has 0 aliphatic rings. The summed E-state index contributed by atoms with van der Waals surface area (Å²) in [5.74, 6) is 0.742. The van der Waals surface area contributed by atoms with Crippen LogP contribution in [0, 0.1) is 12.7 Å². The number of nitrogens with zero attached hydrogens (tertiary/aromatic N) is 3. The van der Waals surface area contributed by atoms with E-state index in [-0.39, 0.29) is 11.4 Å². The molecule has 2 aromatic carbocycles. The monoisotopic (exact) mass is 377 g/mol. The number of rotatable bonds is 4. The van der Waals surface area contributed by atoms with Gasteiger partial charge in [-0.1, -0.05) is 36.0 Å². The molecule has 0 aliphatic heterocycles. The summed E-state index contributed by atoms with van der Waals surface area (Å²) in [4.78, 5) is 22.2. The Kier molecular flexibility index (Phi) is 4.73. The van der Waals surface area contributed by atoms with Crippen molar-refractivity contribution in [2.24, 2.45) is 0 Å². The van der Waals surface area contributed by atoms with Crippen LogP contribution in [0.3, 0.4) is 0 Å². The van der Waals surface area contributed by atoms with Gasteiger partial charge in [-0.05, 0) is 54.4 Å². The SMILES string of the molecule is Cc1ccnc(-n2c(SCc3cccc(F)c3)nc3ccccc3c2=O)c1. The normalized spacial score (nSPS) is 11.0. The van der Waals surface area contributed by atoms with Crippen molar-refractivity contribution in [2.75, 3.05) is 0 Å². The van der Waals surface area contributed by atoms with Crippen LogP contribution in [-0.4, -0.2) is 14.5 Å². The molecular formula is C21H16FN3OS. The minimum Gasteiger partial charge on any atom is -0.268 e. The van der Waals surface area contributed by atoms with Crippen molar-refractivity contribution in [1.82, 2.24) is 14.5 Å². The minimum atomic E-state index is -0.280. The van der Waals surface area contributed by atoms with Crippen molar-refractivity contribution in [1.29, 1.82) is 0 Å². The second kappa shape index (κ2) is 7.32. The minimum absolute atomic E-state index is 0.166. The molecule has 6 heteroatoms. The maximum Gasteiger partial charge on any atom is 0.267 e. The van der Waals surface area contributed by atoms with Crippen molar-refractivity contribution in [3.05, 3.63) is 94.2 Å². The van der Waals surface area contributed by atoms with Gasteiger partial charge >= 0.3 is 0 Å². The number of thioether (sulfide) groups is 1. The molecule has 0 unspecified atom stereocenters. The molecule has 0 saturated heterocycles. The van der Waals surface area contributed by atoms with E-state index in [0.29, 0.717) is 27.6 Å². The van der Waals surface area contributed by atoms with Crippen LogP contribution in [0.4, 0.5) is 4.39 Å². The van der Waals surface area contributed by atoms with Gasteiger partial charge in [0.1, 0.15) is 11.6 Å². The predicted molar refractivity (Wildman–Crippen MR) is 106 cm³/mol. The molecular weight excluding hydrogens is 361 g/mol. The zero-order valence-electron chi connectivity index (χ0n) is 14.6. The summed E-state index contributed by atoms with van der Waals surface area (Å²) in [7, 11) is 0. The van der Waals surface area contributed by atoms with Crippen molar-refractivity contribution in [3.63, 3.8) is 0 Å². The van der Waals surface area contributed by atoms with Crippen LogP contribution in [0.5, 0.6) is 0 Å². The Morgan fingerprint density at radius 1 is 1.07 bits per heavy atom. The second-order valence-electron chi connectivity index (χ2n) is 6.16. The summed E-state index contributed by atoms with van der Waals surface area (Å²) in [6.07, 6.45) is 1.67. The molecule has 4 rings (SSSR count). The molecule has 134 valence electrons. The summed E-state index contributed by atoms with van der Waals surface area (Å²) in [6, 6.07) is 17.4. The molecule has 4 nitrogen and oxygen atoms in total. The van der Waals surface area contributed by atoms with Crippen LogP contribution in [0.2, 0.25) is 0 Å². The highest BCUT2D eigenvalue weighted by Gasteiger charge is 2.14. The highest BCUT2D eigenvalue weighted by molar-refractivity contribution is 7.98. The molecule has 0 fully saturated rings. The van der Waals surface area contributed by atoms with Crippen LogP contribution >= 0.6 is 11.8 Å². The fraction of sp³-hybridized carbons (Fsp3) is 0.0952. The van der Waals surface area contributed by atoms with Crippen molar-refractivity contribution < 1.29 is 4.39 Å². The van der Waals surface area contributed by atoms with Gasteiger partial charge in [0.15, 0.2) is 5.16 Å². The van der Waals surface area contributed by atoms with Crippen LogP contribution < -0.4 is 5.56 Å². The number of benzene rings is 2.